The van der Waals surface area contributed by atoms with Crippen LogP contribution in [0.4, 0.5) is 17.1 Å². The number of nitrogens with zero attached hydrogens (tertiary/aromatic N) is 3. The second-order valence-electron chi connectivity index (χ2n) is 11.2. The Bertz CT molecular complexity index is 1820. The van der Waals surface area contributed by atoms with Gasteiger partial charge in [-0.1, -0.05) is 35.4 Å². The molecule has 0 aliphatic carbocycles. The minimum atomic E-state index is -0.429. The maximum atomic E-state index is 11.5. The van der Waals surface area contributed by atoms with E-state index in [1.54, 1.807) is 25.4 Å². The first-order valence-corrected chi connectivity index (χ1v) is 15.5. The molecule has 11 heteroatoms. The number of piperidine rings is 1. The van der Waals surface area contributed by atoms with Crippen LogP contribution in [0.25, 0.3) is 10.9 Å². The summed E-state index contributed by atoms with van der Waals surface area (Å²) in [5, 5.41) is 14.7. The van der Waals surface area contributed by atoms with Crippen molar-refractivity contribution in [2.75, 3.05) is 43.6 Å². The van der Waals surface area contributed by atoms with Gasteiger partial charge in [-0.3, -0.25) is 9.78 Å². The molecular formula is C35H34ClN5O5. The molecule has 46 heavy (non-hydrogen) atoms. The van der Waals surface area contributed by atoms with Crippen molar-refractivity contribution in [1.82, 2.24) is 4.98 Å². The van der Waals surface area contributed by atoms with Crippen molar-refractivity contribution in [3.05, 3.63) is 88.6 Å². The average molecular weight is 640 g/mol. The number of benzene rings is 3. The molecule has 0 radical (unpaired) electrons. The number of primary amides is 1. The van der Waals surface area contributed by atoms with E-state index >= 15 is 0 Å². The highest BCUT2D eigenvalue weighted by Gasteiger charge is 2.25. The van der Waals surface area contributed by atoms with E-state index in [2.05, 4.69) is 21.3 Å². The van der Waals surface area contributed by atoms with Crippen molar-refractivity contribution in [1.29, 1.82) is 5.26 Å². The van der Waals surface area contributed by atoms with E-state index in [-0.39, 0.29) is 6.10 Å². The van der Waals surface area contributed by atoms with Crippen molar-refractivity contribution >= 4 is 45.5 Å². The molecular weight excluding hydrogens is 606 g/mol. The third-order valence-corrected chi connectivity index (χ3v) is 8.42. The fraction of sp³-hybridized carbons (Fsp3) is 0.286. The molecule has 6 rings (SSSR count). The molecule has 236 valence electrons. The summed E-state index contributed by atoms with van der Waals surface area (Å²) in [4.78, 5) is 18.3. The van der Waals surface area contributed by atoms with E-state index in [1.165, 1.54) is 6.08 Å². The van der Waals surface area contributed by atoms with Crippen LogP contribution < -0.4 is 30.2 Å². The maximum Gasteiger partial charge on any atom is 0.241 e. The molecule has 3 aromatic carbocycles. The zero-order valence-electron chi connectivity index (χ0n) is 25.4. The fourth-order valence-electron chi connectivity index (χ4n) is 5.75. The first-order valence-electron chi connectivity index (χ1n) is 15.1. The van der Waals surface area contributed by atoms with Gasteiger partial charge < -0.3 is 34.9 Å². The van der Waals surface area contributed by atoms with Crippen molar-refractivity contribution < 1.29 is 23.7 Å². The number of amides is 1. The standard InChI is InChI=1S/C35H34ClN5O5/c1-43-31-5-3-2-4-23(31)20-45-32-7-6-25(15-28(32)36)40-35-24(18-37)19-39-29-17-33(46-26-10-13-44-21-26)30(16-27(29)35)41-11-8-22(9-12-41)14-34(38)42/h2-7,14-17,19,26H,8-13,20-21H2,1H3,(H2,38,42)(H,39,40). The van der Waals surface area contributed by atoms with Gasteiger partial charge in [0.05, 0.1) is 47.8 Å². The Morgan fingerprint density at radius 1 is 1.17 bits per heavy atom. The topological polar surface area (TPSA) is 132 Å². The number of nitrogens with one attached hydrogen (secondary N) is 1. The number of para-hydroxylation sites is 1. The number of fused-ring (bicyclic) bond motifs is 1. The molecule has 1 aromatic heterocycles. The molecule has 2 saturated heterocycles. The molecule has 4 aromatic rings. The molecule has 1 unspecified atom stereocenters. The summed E-state index contributed by atoms with van der Waals surface area (Å²) < 4.78 is 23.4. The quantitative estimate of drug-likeness (QED) is 0.193. The molecule has 0 saturated carbocycles. The summed E-state index contributed by atoms with van der Waals surface area (Å²) in [5.74, 6) is 1.53. The molecule has 0 spiro atoms. The summed E-state index contributed by atoms with van der Waals surface area (Å²) in [6.45, 7) is 2.84. The highest BCUT2D eigenvalue weighted by molar-refractivity contribution is 6.32. The van der Waals surface area contributed by atoms with E-state index in [0.29, 0.717) is 84.7 Å². The zero-order chi connectivity index (χ0) is 32.0. The number of ether oxygens (including phenoxy) is 4. The number of hydrogen-bond donors (Lipinski definition) is 2. The fourth-order valence-corrected chi connectivity index (χ4v) is 5.99. The van der Waals surface area contributed by atoms with Gasteiger partial charge in [0.1, 0.15) is 36.0 Å². The van der Waals surface area contributed by atoms with E-state index in [9.17, 15) is 10.1 Å². The SMILES string of the molecule is COc1ccccc1COc1ccc(Nc2c(C#N)cnc3cc(OC4CCOC4)c(N4CCC(=CC(N)=O)CC4)cc23)cc1Cl. The lowest BCUT2D eigenvalue weighted by molar-refractivity contribution is -0.113. The predicted molar refractivity (Wildman–Crippen MR) is 177 cm³/mol. The number of carbonyl (C=O) groups is 1. The lowest BCUT2D eigenvalue weighted by Gasteiger charge is -2.32. The molecule has 2 aliphatic heterocycles. The summed E-state index contributed by atoms with van der Waals surface area (Å²) in [5.41, 5.74) is 10.6. The number of carbonyl (C=O) groups excluding carboxylic acids is 1. The first-order chi connectivity index (χ1) is 22.4. The van der Waals surface area contributed by atoms with Gasteiger partial charge >= 0.3 is 0 Å². The Hall–Kier alpha value is -4.98. The first kappa shape index (κ1) is 31.0. The Labute approximate surface area is 272 Å². The minimum absolute atomic E-state index is 0.0619. The molecule has 2 aliphatic rings. The van der Waals surface area contributed by atoms with E-state index in [4.69, 9.17) is 36.3 Å². The third kappa shape index (κ3) is 6.96. The van der Waals surface area contributed by atoms with Crippen molar-refractivity contribution in [2.45, 2.75) is 32.0 Å². The van der Waals surface area contributed by atoms with Gasteiger partial charge in [-0.15, -0.1) is 0 Å². The lowest BCUT2D eigenvalue weighted by Crippen LogP contribution is -2.32. The van der Waals surface area contributed by atoms with Crippen molar-refractivity contribution in [2.24, 2.45) is 5.73 Å². The Morgan fingerprint density at radius 2 is 2.00 bits per heavy atom. The normalized spacial score (nSPS) is 16.2. The molecule has 1 amide bonds. The van der Waals surface area contributed by atoms with Crippen LogP contribution in [0.15, 0.2) is 72.4 Å². The van der Waals surface area contributed by atoms with Crippen molar-refractivity contribution in [3.63, 3.8) is 0 Å². The minimum Gasteiger partial charge on any atom is -0.496 e. The van der Waals surface area contributed by atoms with Gasteiger partial charge in [0.25, 0.3) is 0 Å². The largest absolute Gasteiger partial charge is 0.496 e. The summed E-state index contributed by atoms with van der Waals surface area (Å²) in [7, 11) is 1.62. The number of rotatable bonds is 10. The summed E-state index contributed by atoms with van der Waals surface area (Å²) in [6, 6.07) is 19.3. The number of anilines is 3. The smallest absolute Gasteiger partial charge is 0.241 e. The average Bonchev–Trinajstić information content (AvgIpc) is 3.58. The number of nitrogens with two attached hydrogens (primary N) is 1. The van der Waals surface area contributed by atoms with Crippen LogP contribution in [0.1, 0.15) is 30.4 Å². The predicted octanol–water partition coefficient (Wildman–Crippen LogP) is 6.27. The third-order valence-electron chi connectivity index (χ3n) is 8.12. The van der Waals surface area contributed by atoms with Gasteiger partial charge in [-0.25, -0.2) is 0 Å². The van der Waals surface area contributed by atoms with Gasteiger partial charge in [-0.05, 0) is 43.2 Å². The number of aromatic nitrogens is 1. The number of hydrogen-bond acceptors (Lipinski definition) is 9. The van der Waals surface area contributed by atoms with Gasteiger partial charge in [0.2, 0.25) is 5.91 Å². The number of methoxy groups -OCH3 is 1. The van der Waals surface area contributed by atoms with E-state index < -0.39 is 5.91 Å². The van der Waals surface area contributed by atoms with Crippen molar-refractivity contribution in [3.8, 4) is 23.3 Å². The Balaban J connectivity index is 1.31. The number of pyridine rings is 1. The molecule has 3 heterocycles. The maximum absolute atomic E-state index is 11.5. The lowest BCUT2D eigenvalue weighted by atomic mass is 10.0. The van der Waals surface area contributed by atoms with E-state index in [0.717, 1.165) is 34.4 Å². The number of nitriles is 1. The molecule has 10 nitrogen and oxygen atoms in total. The summed E-state index contributed by atoms with van der Waals surface area (Å²) in [6.07, 6.45) is 5.23. The second kappa shape index (κ2) is 14.0. The molecule has 3 N–H and O–H groups in total. The van der Waals surface area contributed by atoms with Crippen LogP contribution in [0.3, 0.4) is 0 Å². The van der Waals surface area contributed by atoms with Gasteiger partial charge in [-0.2, -0.15) is 5.26 Å². The van der Waals surface area contributed by atoms with Crippen LogP contribution >= 0.6 is 11.6 Å². The van der Waals surface area contributed by atoms with Crippen LogP contribution in [0.5, 0.6) is 17.2 Å². The van der Waals surface area contributed by atoms with Crippen LogP contribution in [0, 0.1) is 11.3 Å². The van der Waals surface area contributed by atoms with Crippen LogP contribution in [-0.4, -0.2) is 50.4 Å². The monoisotopic (exact) mass is 639 g/mol. The highest BCUT2D eigenvalue weighted by Crippen LogP contribution is 2.40. The Morgan fingerprint density at radius 3 is 2.72 bits per heavy atom. The highest BCUT2D eigenvalue weighted by atomic mass is 35.5. The Kier molecular flexibility index (Phi) is 9.43. The van der Waals surface area contributed by atoms with E-state index in [1.807, 2.05) is 42.5 Å². The van der Waals surface area contributed by atoms with Crippen LogP contribution in [-0.2, 0) is 16.1 Å². The van der Waals surface area contributed by atoms with Crippen LogP contribution in [0.2, 0.25) is 5.02 Å². The zero-order valence-corrected chi connectivity index (χ0v) is 26.2. The molecule has 1 atom stereocenters. The number of halogens is 1. The van der Waals surface area contributed by atoms with Gasteiger partial charge in [0.15, 0.2) is 0 Å². The summed E-state index contributed by atoms with van der Waals surface area (Å²) >= 11 is 6.66. The van der Waals surface area contributed by atoms with Gasteiger partial charge in [0, 0.05) is 54.5 Å². The molecule has 2 fully saturated rings. The second-order valence-corrected chi connectivity index (χ2v) is 11.6. The molecule has 0 bridgehead atoms.